The fourth-order valence-electron chi connectivity index (χ4n) is 2.07. The molecular weight excluding hydrogens is 228 g/mol. The number of hydroxylamine groups is 1. The summed E-state index contributed by atoms with van der Waals surface area (Å²) >= 11 is 0. The van der Waals surface area contributed by atoms with E-state index in [0.717, 1.165) is 6.42 Å². The molecule has 0 saturated heterocycles. The van der Waals surface area contributed by atoms with Crippen molar-refractivity contribution < 1.29 is 9.63 Å². The van der Waals surface area contributed by atoms with Gasteiger partial charge in [0.15, 0.2) is 0 Å². The third kappa shape index (κ3) is 4.85. The van der Waals surface area contributed by atoms with Gasteiger partial charge in [0.1, 0.15) is 6.61 Å². The van der Waals surface area contributed by atoms with Crippen LogP contribution in [-0.2, 0) is 15.0 Å². The van der Waals surface area contributed by atoms with Crippen LogP contribution in [-0.4, -0.2) is 18.6 Å². The molecule has 100 valence electrons. The molecule has 0 fully saturated rings. The van der Waals surface area contributed by atoms with Crippen molar-refractivity contribution >= 4 is 5.91 Å². The molecule has 4 heteroatoms. The van der Waals surface area contributed by atoms with Gasteiger partial charge in [-0.2, -0.15) is 5.48 Å². The molecule has 3 N–H and O–H groups in total. The summed E-state index contributed by atoms with van der Waals surface area (Å²) in [5.74, 6) is -0.475. The first-order valence-corrected chi connectivity index (χ1v) is 6.13. The second-order valence-corrected chi connectivity index (χ2v) is 5.23. The van der Waals surface area contributed by atoms with Crippen molar-refractivity contribution in [1.29, 1.82) is 0 Å². The Kier molecular flexibility index (Phi) is 5.31. The van der Waals surface area contributed by atoms with Gasteiger partial charge in [-0.3, -0.25) is 9.63 Å². The predicted octanol–water partition coefficient (Wildman–Crippen LogP) is 1.75. The van der Waals surface area contributed by atoms with E-state index in [4.69, 9.17) is 10.6 Å². The zero-order valence-electron chi connectivity index (χ0n) is 11.3. The molecule has 0 saturated carbocycles. The number of carbonyl (C=O) groups is 1. The number of nitrogens with one attached hydrogen (secondary N) is 1. The molecule has 1 aromatic carbocycles. The van der Waals surface area contributed by atoms with E-state index in [1.54, 1.807) is 0 Å². The molecule has 0 radical (unpaired) electrons. The molecule has 0 aromatic heterocycles. The number of benzene rings is 1. The molecular formula is C14H22N2O2. The zero-order chi connectivity index (χ0) is 13.6. The molecule has 0 aliphatic heterocycles. The molecule has 1 unspecified atom stereocenters. The van der Waals surface area contributed by atoms with Crippen LogP contribution in [0.3, 0.4) is 0 Å². The quantitative estimate of drug-likeness (QED) is 0.725. The number of amides is 1. The lowest BCUT2D eigenvalue weighted by Crippen LogP contribution is -2.35. The number of hydrogen-bond donors (Lipinski definition) is 2. The smallest absolute Gasteiger partial charge is 0.245 e. The number of primary amides is 1. The lowest BCUT2D eigenvalue weighted by atomic mass is 9.79. The highest BCUT2D eigenvalue weighted by Gasteiger charge is 2.23. The van der Waals surface area contributed by atoms with Crippen LogP contribution in [0.1, 0.15) is 32.8 Å². The highest BCUT2D eigenvalue weighted by atomic mass is 16.6. The van der Waals surface area contributed by atoms with Crippen molar-refractivity contribution in [3.8, 4) is 0 Å². The van der Waals surface area contributed by atoms with E-state index in [2.05, 4.69) is 31.5 Å². The summed E-state index contributed by atoms with van der Waals surface area (Å²) in [7, 11) is 0. The summed E-state index contributed by atoms with van der Waals surface area (Å²) in [6, 6.07) is 10.5. The monoisotopic (exact) mass is 250 g/mol. The minimum Gasteiger partial charge on any atom is -0.368 e. The van der Waals surface area contributed by atoms with Crippen molar-refractivity contribution in [2.45, 2.75) is 38.6 Å². The van der Waals surface area contributed by atoms with Crippen LogP contribution in [0.5, 0.6) is 0 Å². The Hall–Kier alpha value is -1.39. The van der Waals surface area contributed by atoms with Crippen LogP contribution in [0.15, 0.2) is 30.3 Å². The highest BCUT2D eigenvalue weighted by Crippen LogP contribution is 2.27. The van der Waals surface area contributed by atoms with Crippen molar-refractivity contribution in [3.63, 3.8) is 0 Å². The van der Waals surface area contributed by atoms with E-state index < -0.39 is 5.91 Å². The van der Waals surface area contributed by atoms with Gasteiger partial charge in [0, 0.05) is 6.04 Å². The fraction of sp³-hybridized carbons (Fsp3) is 0.500. The van der Waals surface area contributed by atoms with E-state index in [1.807, 2.05) is 25.1 Å². The average Bonchev–Trinajstić information content (AvgIpc) is 2.29. The molecule has 18 heavy (non-hydrogen) atoms. The van der Waals surface area contributed by atoms with Crippen molar-refractivity contribution in [1.82, 2.24) is 5.48 Å². The van der Waals surface area contributed by atoms with Crippen molar-refractivity contribution in [2.24, 2.45) is 5.73 Å². The molecule has 4 nitrogen and oxygen atoms in total. The van der Waals surface area contributed by atoms with Gasteiger partial charge in [0.25, 0.3) is 0 Å². The van der Waals surface area contributed by atoms with E-state index in [0.29, 0.717) is 0 Å². The molecule has 0 spiro atoms. The summed E-state index contributed by atoms with van der Waals surface area (Å²) in [5, 5.41) is 0. The lowest BCUT2D eigenvalue weighted by Gasteiger charge is -2.28. The summed E-state index contributed by atoms with van der Waals surface area (Å²) < 4.78 is 0. The van der Waals surface area contributed by atoms with Crippen LogP contribution >= 0.6 is 0 Å². The van der Waals surface area contributed by atoms with E-state index in [1.165, 1.54) is 5.56 Å². The van der Waals surface area contributed by atoms with Crippen LogP contribution in [0.4, 0.5) is 0 Å². The van der Waals surface area contributed by atoms with Gasteiger partial charge in [-0.25, -0.2) is 0 Å². The second-order valence-electron chi connectivity index (χ2n) is 5.23. The van der Waals surface area contributed by atoms with Gasteiger partial charge in [-0.15, -0.1) is 0 Å². The van der Waals surface area contributed by atoms with Crippen LogP contribution in [0.2, 0.25) is 0 Å². The molecule has 1 rings (SSSR count). The number of hydrogen-bond acceptors (Lipinski definition) is 3. The Bertz CT molecular complexity index is 377. The Labute approximate surface area is 108 Å². The second kappa shape index (κ2) is 6.52. The van der Waals surface area contributed by atoms with Gasteiger partial charge < -0.3 is 5.73 Å². The molecule has 1 aromatic rings. The number of nitrogens with two attached hydrogens (primary N) is 1. The molecule has 0 bridgehead atoms. The fourth-order valence-corrected chi connectivity index (χ4v) is 2.07. The Morgan fingerprint density at radius 1 is 1.39 bits per heavy atom. The Balaban J connectivity index is 2.47. The highest BCUT2D eigenvalue weighted by molar-refractivity contribution is 5.74. The summed E-state index contributed by atoms with van der Waals surface area (Å²) in [6.07, 6.45) is 0.899. The summed E-state index contributed by atoms with van der Waals surface area (Å²) in [5.41, 5.74) is 9.16. The molecule has 0 heterocycles. The van der Waals surface area contributed by atoms with Crippen LogP contribution in [0.25, 0.3) is 0 Å². The molecule has 1 amide bonds. The number of carbonyl (C=O) groups excluding carboxylic acids is 1. The van der Waals surface area contributed by atoms with Crippen molar-refractivity contribution in [2.75, 3.05) is 6.61 Å². The Morgan fingerprint density at radius 3 is 2.56 bits per heavy atom. The SMILES string of the molecule is CC(CC(C)(C)c1ccccc1)NOCC(N)=O. The molecule has 0 aliphatic rings. The zero-order valence-corrected chi connectivity index (χ0v) is 11.3. The topological polar surface area (TPSA) is 64.3 Å². The first-order valence-electron chi connectivity index (χ1n) is 6.13. The third-order valence-corrected chi connectivity index (χ3v) is 2.87. The first kappa shape index (κ1) is 14.7. The lowest BCUT2D eigenvalue weighted by molar-refractivity contribution is -0.126. The van der Waals surface area contributed by atoms with E-state index in [-0.39, 0.29) is 18.1 Å². The Morgan fingerprint density at radius 2 is 2.00 bits per heavy atom. The average molecular weight is 250 g/mol. The normalized spacial score (nSPS) is 13.3. The van der Waals surface area contributed by atoms with E-state index >= 15 is 0 Å². The minimum atomic E-state index is -0.475. The maximum absolute atomic E-state index is 10.5. The molecule has 1 atom stereocenters. The summed E-state index contributed by atoms with van der Waals surface area (Å²) in [4.78, 5) is 15.6. The molecule has 0 aliphatic carbocycles. The maximum Gasteiger partial charge on any atom is 0.245 e. The minimum absolute atomic E-state index is 0.0454. The van der Waals surface area contributed by atoms with Gasteiger partial charge in [0.2, 0.25) is 5.91 Å². The van der Waals surface area contributed by atoms with Crippen molar-refractivity contribution in [3.05, 3.63) is 35.9 Å². The standard InChI is InChI=1S/C14H22N2O2/c1-11(16-18-10-13(15)17)9-14(2,3)12-7-5-4-6-8-12/h4-8,11,16H,9-10H2,1-3H3,(H2,15,17). The van der Waals surface area contributed by atoms with Gasteiger partial charge in [-0.1, -0.05) is 44.2 Å². The van der Waals surface area contributed by atoms with Crippen LogP contribution < -0.4 is 11.2 Å². The largest absolute Gasteiger partial charge is 0.368 e. The first-order chi connectivity index (χ1) is 8.42. The van der Waals surface area contributed by atoms with Gasteiger partial charge >= 0.3 is 0 Å². The third-order valence-electron chi connectivity index (χ3n) is 2.87. The van der Waals surface area contributed by atoms with Crippen LogP contribution in [0, 0.1) is 0 Å². The summed E-state index contributed by atoms with van der Waals surface area (Å²) in [6.45, 7) is 6.30. The van der Waals surface area contributed by atoms with Gasteiger partial charge in [-0.05, 0) is 24.3 Å². The predicted molar refractivity (Wildman–Crippen MR) is 71.8 cm³/mol. The number of rotatable bonds is 7. The maximum atomic E-state index is 10.5. The van der Waals surface area contributed by atoms with E-state index in [9.17, 15) is 4.79 Å². The van der Waals surface area contributed by atoms with Gasteiger partial charge in [0.05, 0.1) is 0 Å².